The van der Waals surface area contributed by atoms with Gasteiger partial charge in [-0.2, -0.15) is 0 Å². The number of carbonyl (C=O) groups excluding carboxylic acids is 2. The first-order valence-electron chi connectivity index (χ1n) is 11.7. The highest BCUT2D eigenvalue weighted by atomic mass is 16.5. The van der Waals surface area contributed by atoms with Crippen LogP contribution in [0.5, 0.6) is 11.5 Å². The predicted octanol–water partition coefficient (Wildman–Crippen LogP) is 5.85. The molecule has 1 fully saturated rings. The summed E-state index contributed by atoms with van der Waals surface area (Å²) in [6.07, 6.45) is 0. The average molecular weight is 472 g/mol. The molecule has 0 bridgehead atoms. The van der Waals surface area contributed by atoms with Crippen molar-refractivity contribution in [2.24, 2.45) is 0 Å². The van der Waals surface area contributed by atoms with Crippen LogP contribution in [-0.4, -0.2) is 28.5 Å². The number of hydrogen-bond acceptors (Lipinski definition) is 5. The number of ketones is 1. The molecule has 1 atom stereocenters. The summed E-state index contributed by atoms with van der Waals surface area (Å²) in [6.45, 7) is 8.36. The van der Waals surface area contributed by atoms with Crippen LogP contribution in [0.1, 0.15) is 55.0 Å². The van der Waals surface area contributed by atoms with E-state index >= 15 is 0 Å². The Morgan fingerprint density at radius 1 is 1.03 bits per heavy atom. The highest BCUT2D eigenvalue weighted by Gasteiger charge is 2.47. The number of hydrogen-bond donors (Lipinski definition) is 2. The molecule has 0 aliphatic carbocycles. The van der Waals surface area contributed by atoms with Crippen molar-refractivity contribution in [1.82, 2.24) is 0 Å². The van der Waals surface area contributed by atoms with Gasteiger partial charge in [0.25, 0.3) is 11.7 Å². The second-order valence-electron chi connectivity index (χ2n) is 8.94. The molecule has 1 heterocycles. The van der Waals surface area contributed by atoms with Crippen LogP contribution in [-0.2, 0) is 9.59 Å². The Morgan fingerprint density at radius 2 is 1.74 bits per heavy atom. The summed E-state index contributed by atoms with van der Waals surface area (Å²) in [5, 5.41) is 21.2. The molecular weight excluding hydrogens is 442 g/mol. The van der Waals surface area contributed by atoms with E-state index in [1.165, 1.54) is 17.0 Å². The minimum absolute atomic E-state index is 0.000983. The minimum Gasteiger partial charge on any atom is -0.508 e. The first-order valence-corrected chi connectivity index (χ1v) is 11.7. The monoisotopic (exact) mass is 471 g/mol. The van der Waals surface area contributed by atoms with Gasteiger partial charge in [-0.3, -0.25) is 14.5 Å². The second-order valence-corrected chi connectivity index (χ2v) is 8.94. The number of nitrogens with zero attached hydrogens (tertiary/aromatic N) is 1. The number of Topliss-reactive ketones (excluding diaryl/α,β-unsaturated/α-hetero) is 1. The lowest BCUT2D eigenvalue weighted by molar-refractivity contribution is -0.132. The maximum Gasteiger partial charge on any atom is 0.300 e. The molecule has 1 unspecified atom stereocenters. The van der Waals surface area contributed by atoms with Crippen molar-refractivity contribution in [3.63, 3.8) is 0 Å². The number of carbonyl (C=O) groups is 2. The SMILES string of the molecule is CCOc1ccc(/C(O)=C2/C(=O)C(=O)N(c3cccc(C)c3)C2c2ccc(O)cc2)cc1C(C)C. The molecule has 2 N–H and O–H groups in total. The van der Waals surface area contributed by atoms with Crippen molar-refractivity contribution >= 4 is 23.1 Å². The minimum atomic E-state index is -0.855. The maximum atomic E-state index is 13.3. The largest absolute Gasteiger partial charge is 0.508 e. The molecule has 180 valence electrons. The van der Waals surface area contributed by atoms with Gasteiger partial charge in [0.15, 0.2) is 0 Å². The first kappa shape index (κ1) is 24.1. The van der Waals surface area contributed by atoms with E-state index in [2.05, 4.69) is 0 Å². The van der Waals surface area contributed by atoms with Crippen molar-refractivity contribution in [1.29, 1.82) is 0 Å². The molecular formula is C29H29NO5. The van der Waals surface area contributed by atoms with Gasteiger partial charge in [0, 0.05) is 11.3 Å². The highest BCUT2D eigenvalue weighted by molar-refractivity contribution is 6.51. The molecule has 0 aromatic heterocycles. The molecule has 4 rings (SSSR count). The summed E-state index contributed by atoms with van der Waals surface area (Å²) < 4.78 is 5.73. The smallest absolute Gasteiger partial charge is 0.300 e. The maximum absolute atomic E-state index is 13.3. The van der Waals surface area contributed by atoms with Gasteiger partial charge in [-0.25, -0.2) is 0 Å². The van der Waals surface area contributed by atoms with Gasteiger partial charge in [0.1, 0.15) is 17.3 Å². The molecule has 0 saturated carbocycles. The average Bonchev–Trinajstić information content (AvgIpc) is 3.10. The molecule has 1 aliphatic heterocycles. The molecule has 1 amide bonds. The lowest BCUT2D eigenvalue weighted by Gasteiger charge is -2.26. The van der Waals surface area contributed by atoms with Crippen LogP contribution in [0, 0.1) is 6.92 Å². The van der Waals surface area contributed by atoms with E-state index in [0.29, 0.717) is 29.2 Å². The number of benzene rings is 3. The van der Waals surface area contributed by atoms with E-state index in [4.69, 9.17) is 4.74 Å². The quantitative estimate of drug-likeness (QED) is 0.268. The number of aliphatic hydroxyl groups excluding tert-OH is 1. The summed E-state index contributed by atoms with van der Waals surface area (Å²) in [5.74, 6) is -0.829. The summed E-state index contributed by atoms with van der Waals surface area (Å²) in [6, 6.07) is 18.0. The Labute approximate surface area is 205 Å². The molecule has 1 saturated heterocycles. The molecule has 3 aromatic carbocycles. The summed E-state index contributed by atoms with van der Waals surface area (Å²) in [7, 11) is 0. The molecule has 3 aromatic rings. The van der Waals surface area contributed by atoms with Gasteiger partial charge in [-0.15, -0.1) is 0 Å². The number of anilines is 1. The zero-order chi connectivity index (χ0) is 25.3. The highest BCUT2D eigenvalue weighted by Crippen LogP contribution is 2.43. The number of aliphatic hydroxyl groups is 1. The molecule has 35 heavy (non-hydrogen) atoms. The van der Waals surface area contributed by atoms with Gasteiger partial charge in [-0.1, -0.05) is 38.1 Å². The summed E-state index contributed by atoms with van der Waals surface area (Å²) in [4.78, 5) is 28.0. The van der Waals surface area contributed by atoms with E-state index in [1.54, 1.807) is 36.4 Å². The van der Waals surface area contributed by atoms with Crippen molar-refractivity contribution < 1.29 is 24.5 Å². The molecule has 6 nitrogen and oxygen atoms in total. The Bertz CT molecular complexity index is 1310. The van der Waals surface area contributed by atoms with Crippen LogP contribution in [0.3, 0.4) is 0 Å². The van der Waals surface area contributed by atoms with Crippen LogP contribution in [0.4, 0.5) is 5.69 Å². The van der Waals surface area contributed by atoms with Crippen molar-refractivity contribution in [2.45, 2.75) is 39.7 Å². The second kappa shape index (κ2) is 9.66. The number of phenols is 1. The molecule has 0 radical (unpaired) electrons. The summed E-state index contributed by atoms with van der Waals surface area (Å²) in [5.41, 5.74) is 3.41. The van der Waals surface area contributed by atoms with E-state index < -0.39 is 17.7 Å². The normalized spacial score (nSPS) is 17.3. The van der Waals surface area contributed by atoms with Crippen LogP contribution >= 0.6 is 0 Å². The molecule has 0 spiro atoms. The van der Waals surface area contributed by atoms with Crippen LogP contribution in [0.2, 0.25) is 0 Å². The van der Waals surface area contributed by atoms with Crippen LogP contribution < -0.4 is 9.64 Å². The fourth-order valence-corrected chi connectivity index (χ4v) is 4.44. The Balaban J connectivity index is 1.93. The number of phenolic OH excluding ortho intramolecular Hbond substituents is 1. The number of rotatable bonds is 6. The van der Waals surface area contributed by atoms with E-state index in [9.17, 15) is 19.8 Å². The molecule has 1 aliphatic rings. The zero-order valence-electron chi connectivity index (χ0n) is 20.3. The fraction of sp³-hybridized carbons (Fsp3) is 0.241. The Morgan fingerprint density at radius 3 is 2.37 bits per heavy atom. The third kappa shape index (κ3) is 4.52. The van der Waals surface area contributed by atoms with Gasteiger partial charge in [-0.05, 0) is 78.9 Å². The van der Waals surface area contributed by atoms with Gasteiger partial charge < -0.3 is 14.9 Å². The van der Waals surface area contributed by atoms with Crippen LogP contribution in [0.25, 0.3) is 5.76 Å². The lowest BCUT2D eigenvalue weighted by atomic mass is 9.93. The Kier molecular flexibility index (Phi) is 6.65. The number of amides is 1. The number of aromatic hydroxyl groups is 1. The lowest BCUT2D eigenvalue weighted by Crippen LogP contribution is -2.29. The van der Waals surface area contributed by atoms with Crippen molar-refractivity contribution in [2.75, 3.05) is 11.5 Å². The molecule has 6 heteroatoms. The van der Waals surface area contributed by atoms with E-state index in [-0.39, 0.29) is 23.0 Å². The zero-order valence-corrected chi connectivity index (χ0v) is 20.3. The Hall–Kier alpha value is -4.06. The first-order chi connectivity index (χ1) is 16.7. The van der Waals surface area contributed by atoms with Gasteiger partial charge in [0.2, 0.25) is 0 Å². The topological polar surface area (TPSA) is 87.1 Å². The third-order valence-corrected chi connectivity index (χ3v) is 6.14. The van der Waals surface area contributed by atoms with Gasteiger partial charge >= 0.3 is 0 Å². The number of aryl methyl sites for hydroxylation is 1. The van der Waals surface area contributed by atoms with E-state index in [1.807, 2.05) is 45.9 Å². The van der Waals surface area contributed by atoms with Crippen molar-refractivity contribution in [3.05, 3.63) is 94.6 Å². The predicted molar refractivity (Wildman–Crippen MR) is 136 cm³/mol. The third-order valence-electron chi connectivity index (χ3n) is 6.14. The van der Waals surface area contributed by atoms with Gasteiger partial charge in [0.05, 0.1) is 18.2 Å². The fourth-order valence-electron chi connectivity index (χ4n) is 4.44. The summed E-state index contributed by atoms with van der Waals surface area (Å²) >= 11 is 0. The standard InChI is InChI=1S/C29H29NO5/c1-5-35-24-14-11-20(16-23(24)17(2)3)27(32)25-26(19-9-12-22(31)13-10-19)30(29(34)28(25)33)21-8-6-7-18(4)15-21/h6-17,26,31-32H,5H2,1-4H3/b27-25-. The number of ether oxygens (including phenoxy) is 1. The van der Waals surface area contributed by atoms with E-state index in [0.717, 1.165) is 11.1 Å². The van der Waals surface area contributed by atoms with Crippen molar-refractivity contribution in [3.8, 4) is 11.5 Å². The van der Waals surface area contributed by atoms with Crippen LogP contribution in [0.15, 0.2) is 72.3 Å².